The SMILES string of the molecule is CCC(/N=C(\N)c1ccc(-c2ccco2)c(/C(N)=N/C(CC)N(C)C)c1)N(C)C. The fraction of sp³-hybridized carbons (Fsp3) is 0.455. The summed E-state index contributed by atoms with van der Waals surface area (Å²) in [6, 6.07) is 9.61. The summed E-state index contributed by atoms with van der Waals surface area (Å²) in [5.41, 5.74) is 15.3. The van der Waals surface area contributed by atoms with E-state index in [0.717, 1.165) is 35.3 Å². The van der Waals surface area contributed by atoms with Crippen LogP contribution in [0.5, 0.6) is 0 Å². The first-order valence-corrected chi connectivity index (χ1v) is 9.96. The van der Waals surface area contributed by atoms with Crippen LogP contribution < -0.4 is 11.5 Å². The van der Waals surface area contributed by atoms with Gasteiger partial charge in [0.2, 0.25) is 0 Å². The lowest BCUT2D eigenvalue weighted by atomic mass is 10.0. The maximum absolute atomic E-state index is 6.45. The summed E-state index contributed by atoms with van der Waals surface area (Å²) in [5, 5.41) is 0. The first kappa shape index (κ1) is 22.6. The highest BCUT2D eigenvalue weighted by Crippen LogP contribution is 2.26. The topological polar surface area (TPSA) is 96.4 Å². The smallest absolute Gasteiger partial charge is 0.134 e. The molecule has 0 aliphatic rings. The predicted octanol–water partition coefficient (Wildman–Crippen LogP) is 2.95. The van der Waals surface area contributed by atoms with Gasteiger partial charge < -0.3 is 15.9 Å². The summed E-state index contributed by atoms with van der Waals surface area (Å²) < 4.78 is 5.61. The van der Waals surface area contributed by atoms with E-state index >= 15 is 0 Å². The Morgan fingerprint density at radius 2 is 1.52 bits per heavy atom. The molecule has 1 aromatic heterocycles. The monoisotopic (exact) mass is 398 g/mol. The number of rotatable bonds is 9. The highest BCUT2D eigenvalue weighted by atomic mass is 16.3. The molecule has 0 saturated carbocycles. The summed E-state index contributed by atoms with van der Waals surface area (Å²) >= 11 is 0. The second kappa shape index (κ2) is 10.2. The van der Waals surface area contributed by atoms with Gasteiger partial charge in [-0.25, -0.2) is 9.98 Å². The van der Waals surface area contributed by atoms with Gasteiger partial charge in [-0.15, -0.1) is 0 Å². The molecular weight excluding hydrogens is 364 g/mol. The molecule has 2 rings (SSSR count). The standard InChI is InChI=1S/C22H34N6O/c1-7-19(27(3)4)25-21(23)15-11-12-16(18-10-9-13-29-18)17(14-15)22(24)26-20(8-2)28(5)6/h9-14,19-20H,7-8H2,1-6H3,(H2,23,25)(H2,24,26). The van der Waals surface area contributed by atoms with Crippen molar-refractivity contribution in [3.63, 3.8) is 0 Å². The molecule has 1 aromatic carbocycles. The largest absolute Gasteiger partial charge is 0.464 e. The molecule has 2 atom stereocenters. The molecule has 7 heteroatoms. The molecule has 0 aliphatic heterocycles. The first-order chi connectivity index (χ1) is 13.8. The lowest BCUT2D eigenvalue weighted by Gasteiger charge is -2.20. The molecule has 7 nitrogen and oxygen atoms in total. The zero-order chi connectivity index (χ0) is 21.6. The second-order valence-electron chi connectivity index (χ2n) is 7.47. The van der Waals surface area contributed by atoms with Gasteiger partial charge in [0, 0.05) is 16.7 Å². The van der Waals surface area contributed by atoms with Gasteiger partial charge in [0.1, 0.15) is 29.8 Å². The van der Waals surface area contributed by atoms with E-state index in [0.29, 0.717) is 11.7 Å². The third kappa shape index (κ3) is 5.68. The van der Waals surface area contributed by atoms with Gasteiger partial charge >= 0.3 is 0 Å². The van der Waals surface area contributed by atoms with Crippen LogP contribution in [0.15, 0.2) is 51.0 Å². The molecule has 0 bridgehead atoms. The van der Waals surface area contributed by atoms with Crippen LogP contribution in [0.1, 0.15) is 37.8 Å². The van der Waals surface area contributed by atoms with Gasteiger partial charge in [-0.2, -0.15) is 0 Å². The van der Waals surface area contributed by atoms with Crippen LogP contribution in [0.2, 0.25) is 0 Å². The molecule has 0 fully saturated rings. The molecule has 2 aromatic rings. The third-order valence-corrected chi connectivity index (χ3v) is 4.88. The molecule has 1 heterocycles. The van der Waals surface area contributed by atoms with Crippen molar-refractivity contribution in [2.75, 3.05) is 28.2 Å². The van der Waals surface area contributed by atoms with Crippen molar-refractivity contribution in [2.45, 2.75) is 39.0 Å². The van der Waals surface area contributed by atoms with Crippen LogP contribution in [0.4, 0.5) is 0 Å². The van der Waals surface area contributed by atoms with Crippen molar-refractivity contribution < 1.29 is 4.42 Å². The molecule has 0 saturated heterocycles. The molecular formula is C22H34N6O. The maximum atomic E-state index is 6.45. The summed E-state index contributed by atoms with van der Waals surface area (Å²) in [4.78, 5) is 13.5. The van der Waals surface area contributed by atoms with Gasteiger partial charge in [-0.1, -0.05) is 19.9 Å². The van der Waals surface area contributed by atoms with E-state index in [1.807, 2.05) is 68.3 Å². The van der Waals surface area contributed by atoms with Crippen molar-refractivity contribution in [3.05, 3.63) is 47.7 Å². The quantitative estimate of drug-likeness (QED) is 0.500. The molecule has 29 heavy (non-hydrogen) atoms. The van der Waals surface area contributed by atoms with E-state index < -0.39 is 0 Å². The van der Waals surface area contributed by atoms with Gasteiger partial charge in [0.25, 0.3) is 0 Å². The molecule has 0 radical (unpaired) electrons. The Hall–Kier alpha value is -2.64. The van der Waals surface area contributed by atoms with Gasteiger partial charge in [-0.3, -0.25) is 9.80 Å². The van der Waals surface area contributed by atoms with Crippen LogP contribution in [-0.2, 0) is 0 Å². The molecule has 158 valence electrons. The molecule has 2 unspecified atom stereocenters. The fourth-order valence-electron chi connectivity index (χ4n) is 3.17. The van der Waals surface area contributed by atoms with E-state index in [1.54, 1.807) is 6.26 Å². The van der Waals surface area contributed by atoms with Crippen molar-refractivity contribution in [3.8, 4) is 11.3 Å². The van der Waals surface area contributed by atoms with E-state index in [9.17, 15) is 0 Å². The predicted molar refractivity (Wildman–Crippen MR) is 121 cm³/mol. The summed E-state index contributed by atoms with van der Waals surface area (Å²) in [6.07, 6.45) is 3.39. The minimum Gasteiger partial charge on any atom is -0.464 e. The molecule has 0 aliphatic carbocycles. The minimum absolute atomic E-state index is 0.00710. The molecule has 0 amide bonds. The average molecular weight is 399 g/mol. The number of hydrogen-bond acceptors (Lipinski definition) is 5. The lowest BCUT2D eigenvalue weighted by molar-refractivity contribution is 0.295. The van der Waals surface area contributed by atoms with E-state index in [4.69, 9.17) is 20.9 Å². The Bertz CT molecular complexity index is 839. The maximum Gasteiger partial charge on any atom is 0.134 e. The Kier molecular flexibility index (Phi) is 7.99. The molecule has 4 N–H and O–H groups in total. The number of nitrogens with two attached hydrogens (primary N) is 2. The zero-order valence-corrected chi connectivity index (χ0v) is 18.4. The Balaban J connectivity index is 2.55. The number of furan rings is 1. The second-order valence-corrected chi connectivity index (χ2v) is 7.47. The van der Waals surface area contributed by atoms with Crippen molar-refractivity contribution in [1.29, 1.82) is 0 Å². The van der Waals surface area contributed by atoms with Crippen LogP contribution in [0.3, 0.4) is 0 Å². The molecule has 0 spiro atoms. The summed E-state index contributed by atoms with van der Waals surface area (Å²) in [5.74, 6) is 1.66. The number of amidine groups is 2. The van der Waals surface area contributed by atoms with Crippen LogP contribution in [0, 0.1) is 0 Å². The number of nitrogens with zero attached hydrogens (tertiary/aromatic N) is 4. The Labute approximate surface area is 174 Å². The normalized spacial score (nSPS) is 15.2. The van der Waals surface area contributed by atoms with Crippen molar-refractivity contribution in [2.24, 2.45) is 21.5 Å². The number of benzene rings is 1. The lowest BCUT2D eigenvalue weighted by Crippen LogP contribution is -2.30. The highest BCUT2D eigenvalue weighted by Gasteiger charge is 2.16. The fourth-order valence-corrected chi connectivity index (χ4v) is 3.17. The zero-order valence-electron chi connectivity index (χ0n) is 18.4. The Morgan fingerprint density at radius 1 is 0.931 bits per heavy atom. The van der Waals surface area contributed by atoms with Crippen LogP contribution >= 0.6 is 0 Å². The third-order valence-electron chi connectivity index (χ3n) is 4.88. The van der Waals surface area contributed by atoms with E-state index in [-0.39, 0.29) is 12.3 Å². The van der Waals surface area contributed by atoms with Gasteiger partial charge in [0.15, 0.2) is 0 Å². The van der Waals surface area contributed by atoms with E-state index in [1.165, 1.54) is 0 Å². The van der Waals surface area contributed by atoms with Gasteiger partial charge in [-0.05, 0) is 65.3 Å². The first-order valence-electron chi connectivity index (χ1n) is 9.96. The average Bonchev–Trinajstić information content (AvgIpc) is 3.23. The number of hydrogen-bond donors (Lipinski definition) is 2. The highest BCUT2D eigenvalue weighted by molar-refractivity contribution is 6.06. The minimum atomic E-state index is -0.00710. The van der Waals surface area contributed by atoms with Crippen LogP contribution in [-0.4, -0.2) is 62.0 Å². The summed E-state index contributed by atoms with van der Waals surface area (Å²) in [6.45, 7) is 4.17. The van der Waals surface area contributed by atoms with Crippen molar-refractivity contribution >= 4 is 11.7 Å². The Morgan fingerprint density at radius 3 is 2.00 bits per heavy atom. The number of aliphatic imine (C=N–C) groups is 2. The van der Waals surface area contributed by atoms with Gasteiger partial charge in [0.05, 0.1) is 6.26 Å². The summed E-state index contributed by atoms with van der Waals surface area (Å²) in [7, 11) is 7.97. The van der Waals surface area contributed by atoms with Crippen molar-refractivity contribution in [1.82, 2.24) is 9.80 Å². The van der Waals surface area contributed by atoms with E-state index in [2.05, 4.69) is 18.8 Å². The van der Waals surface area contributed by atoms with Crippen LogP contribution in [0.25, 0.3) is 11.3 Å².